The third kappa shape index (κ3) is 5.85. The van der Waals surface area contributed by atoms with Crippen LogP contribution in [-0.4, -0.2) is 24.9 Å². The van der Waals surface area contributed by atoms with E-state index in [1.54, 1.807) is 21.9 Å². The van der Waals surface area contributed by atoms with Gasteiger partial charge in [0.05, 0.1) is 11.1 Å². The van der Waals surface area contributed by atoms with E-state index in [1.165, 1.54) is 12.1 Å². The van der Waals surface area contributed by atoms with Crippen LogP contribution in [0, 0.1) is 0 Å². The van der Waals surface area contributed by atoms with Crippen molar-refractivity contribution in [3.8, 4) is 22.3 Å². The number of alkyl halides is 6. The Morgan fingerprint density at radius 3 is 1.27 bits per heavy atom. The number of carbonyl (C=O) groups is 2. The summed E-state index contributed by atoms with van der Waals surface area (Å²) in [6.45, 7) is 1.09. The molecule has 0 radical (unpaired) electrons. The van der Waals surface area contributed by atoms with Gasteiger partial charge >= 0.3 is 12.4 Å². The predicted molar refractivity (Wildman–Crippen MR) is 140 cm³/mol. The average Bonchev–Trinajstić information content (AvgIpc) is 2.92. The molecule has 210 valence electrons. The van der Waals surface area contributed by atoms with Gasteiger partial charge in [0.2, 0.25) is 11.8 Å². The van der Waals surface area contributed by atoms with E-state index in [-0.39, 0.29) is 29.0 Å². The van der Waals surface area contributed by atoms with E-state index in [2.05, 4.69) is 0 Å². The van der Waals surface area contributed by atoms with Gasteiger partial charge in [-0.05, 0) is 84.3 Å². The van der Waals surface area contributed by atoms with Crippen LogP contribution in [0.5, 0.6) is 0 Å². The van der Waals surface area contributed by atoms with Crippen LogP contribution in [-0.2, 0) is 21.9 Å². The van der Waals surface area contributed by atoms with E-state index in [9.17, 15) is 35.9 Å². The SMILES string of the molecule is O=C1CCCCN1c1cc(-c2ccc(-c3cc(C(F)(F)F)cc(C(F)(F)F)c3)cc2)cc(N2CCCCC2=O)c1. The van der Waals surface area contributed by atoms with E-state index in [0.717, 1.165) is 25.7 Å². The highest BCUT2D eigenvalue weighted by atomic mass is 19.4. The minimum Gasteiger partial charge on any atom is -0.312 e. The number of amides is 2. The third-order valence-electron chi connectivity index (χ3n) is 7.31. The molecule has 2 aliphatic rings. The van der Waals surface area contributed by atoms with E-state index >= 15 is 0 Å². The van der Waals surface area contributed by atoms with Crippen molar-refractivity contribution in [3.63, 3.8) is 0 Å². The minimum absolute atomic E-state index is 0.0142. The number of anilines is 2. The van der Waals surface area contributed by atoms with Crippen molar-refractivity contribution < 1.29 is 35.9 Å². The Kier molecular flexibility index (Phi) is 7.37. The lowest BCUT2D eigenvalue weighted by molar-refractivity contribution is -0.143. The first kappa shape index (κ1) is 27.7. The minimum atomic E-state index is -4.94. The predicted octanol–water partition coefficient (Wildman–Crippen LogP) is 8.09. The van der Waals surface area contributed by atoms with Crippen LogP contribution < -0.4 is 9.80 Å². The lowest BCUT2D eigenvalue weighted by atomic mass is 9.96. The second-order valence-electron chi connectivity index (χ2n) is 10.1. The maximum atomic E-state index is 13.4. The van der Waals surface area contributed by atoms with Crippen LogP contribution in [0.3, 0.4) is 0 Å². The third-order valence-corrected chi connectivity index (χ3v) is 7.31. The van der Waals surface area contributed by atoms with Gasteiger partial charge in [-0.3, -0.25) is 9.59 Å². The fraction of sp³-hybridized carbons (Fsp3) is 0.333. The zero-order chi connectivity index (χ0) is 28.7. The standard InChI is InChI=1S/C30H26F6N2O2/c31-29(32,33)23-13-21(14-24(17-23)30(34,35)36)19-7-9-20(10-8-19)22-15-25(37-11-3-1-5-27(37)39)18-26(16-22)38-12-4-2-6-28(38)40/h7-10,13-18H,1-6,11-12H2. The lowest BCUT2D eigenvalue weighted by Gasteiger charge is -2.31. The molecule has 10 heteroatoms. The van der Waals surface area contributed by atoms with Gasteiger partial charge in [0.1, 0.15) is 0 Å². The Morgan fingerprint density at radius 1 is 0.500 bits per heavy atom. The van der Waals surface area contributed by atoms with E-state index in [4.69, 9.17) is 0 Å². The molecule has 3 aromatic rings. The monoisotopic (exact) mass is 560 g/mol. The van der Waals surface area contributed by atoms with Crippen LogP contribution in [0.4, 0.5) is 37.7 Å². The van der Waals surface area contributed by atoms with Crippen LogP contribution in [0.2, 0.25) is 0 Å². The van der Waals surface area contributed by atoms with Crippen LogP contribution in [0.15, 0.2) is 60.7 Å². The fourth-order valence-electron chi connectivity index (χ4n) is 5.21. The van der Waals surface area contributed by atoms with Crippen molar-refractivity contribution in [1.82, 2.24) is 0 Å². The maximum Gasteiger partial charge on any atom is 0.416 e. The molecule has 2 heterocycles. The number of hydrogen-bond donors (Lipinski definition) is 0. The van der Waals surface area contributed by atoms with Crippen LogP contribution >= 0.6 is 0 Å². The second-order valence-corrected chi connectivity index (χ2v) is 10.1. The van der Waals surface area contributed by atoms with Crippen LogP contribution in [0.25, 0.3) is 22.3 Å². The lowest BCUT2D eigenvalue weighted by Crippen LogP contribution is -2.37. The van der Waals surface area contributed by atoms with Crippen molar-refractivity contribution in [2.75, 3.05) is 22.9 Å². The molecule has 0 spiro atoms. The van der Waals surface area contributed by atoms with Gasteiger partial charge < -0.3 is 9.80 Å². The Hall–Kier alpha value is -3.82. The summed E-state index contributed by atoms with van der Waals surface area (Å²) in [5, 5.41) is 0. The normalized spacial score (nSPS) is 16.9. The van der Waals surface area contributed by atoms with Gasteiger partial charge in [0, 0.05) is 37.3 Å². The van der Waals surface area contributed by atoms with Gasteiger partial charge in [-0.2, -0.15) is 26.3 Å². The van der Waals surface area contributed by atoms with Crippen molar-refractivity contribution in [3.05, 3.63) is 71.8 Å². The fourth-order valence-corrected chi connectivity index (χ4v) is 5.21. The Balaban J connectivity index is 1.55. The number of carbonyl (C=O) groups excluding carboxylic acids is 2. The van der Waals surface area contributed by atoms with Gasteiger partial charge in [0.15, 0.2) is 0 Å². The number of hydrogen-bond acceptors (Lipinski definition) is 2. The summed E-state index contributed by atoms with van der Waals surface area (Å²) in [4.78, 5) is 28.7. The zero-order valence-electron chi connectivity index (χ0n) is 21.4. The molecule has 2 aliphatic heterocycles. The molecule has 0 aromatic heterocycles. The smallest absolute Gasteiger partial charge is 0.312 e. The highest BCUT2D eigenvalue weighted by molar-refractivity contribution is 5.99. The highest BCUT2D eigenvalue weighted by Crippen LogP contribution is 2.40. The molecule has 0 aliphatic carbocycles. The molecule has 40 heavy (non-hydrogen) atoms. The number of halogens is 6. The molecule has 2 amide bonds. The summed E-state index contributed by atoms with van der Waals surface area (Å²) < 4.78 is 80.1. The summed E-state index contributed by atoms with van der Waals surface area (Å²) in [6.07, 6.45) is -5.73. The molecule has 4 nitrogen and oxygen atoms in total. The quantitative estimate of drug-likeness (QED) is 0.303. The number of rotatable bonds is 4. The number of benzene rings is 3. The summed E-state index contributed by atoms with van der Waals surface area (Å²) in [5.74, 6) is -0.0284. The molecule has 0 saturated carbocycles. The largest absolute Gasteiger partial charge is 0.416 e. The topological polar surface area (TPSA) is 40.6 Å². The zero-order valence-corrected chi connectivity index (χ0v) is 21.4. The molecule has 3 aromatic carbocycles. The summed E-state index contributed by atoms with van der Waals surface area (Å²) in [5.41, 5.74) is -0.165. The Labute approximate surface area is 227 Å². The van der Waals surface area contributed by atoms with Crippen molar-refractivity contribution in [1.29, 1.82) is 0 Å². The molecule has 0 N–H and O–H groups in total. The van der Waals surface area contributed by atoms with Gasteiger partial charge in [-0.15, -0.1) is 0 Å². The first-order chi connectivity index (χ1) is 18.9. The molecule has 2 fully saturated rings. The molecular formula is C30H26F6N2O2. The van der Waals surface area contributed by atoms with Gasteiger partial charge in [0.25, 0.3) is 0 Å². The molecule has 0 bridgehead atoms. The van der Waals surface area contributed by atoms with Crippen molar-refractivity contribution in [2.45, 2.75) is 50.9 Å². The summed E-state index contributed by atoms with van der Waals surface area (Å²) >= 11 is 0. The Bertz CT molecular complexity index is 1350. The van der Waals surface area contributed by atoms with Gasteiger partial charge in [-0.1, -0.05) is 24.3 Å². The van der Waals surface area contributed by atoms with E-state index in [1.807, 2.05) is 18.2 Å². The average molecular weight is 561 g/mol. The maximum absolute atomic E-state index is 13.4. The van der Waals surface area contributed by atoms with Crippen molar-refractivity contribution in [2.24, 2.45) is 0 Å². The summed E-state index contributed by atoms with van der Waals surface area (Å²) in [7, 11) is 0. The molecule has 0 unspecified atom stereocenters. The first-order valence-corrected chi connectivity index (χ1v) is 13.1. The molecule has 0 atom stereocenters. The van der Waals surface area contributed by atoms with E-state index < -0.39 is 23.5 Å². The molecular weight excluding hydrogens is 534 g/mol. The molecule has 2 saturated heterocycles. The number of nitrogens with zero attached hydrogens (tertiary/aromatic N) is 2. The Morgan fingerprint density at radius 2 is 0.900 bits per heavy atom. The summed E-state index contributed by atoms with van der Waals surface area (Å²) in [6, 6.07) is 13.1. The van der Waals surface area contributed by atoms with Gasteiger partial charge in [-0.25, -0.2) is 0 Å². The molecule has 5 rings (SSSR count). The van der Waals surface area contributed by atoms with Crippen molar-refractivity contribution >= 4 is 23.2 Å². The van der Waals surface area contributed by atoms with E-state index in [0.29, 0.717) is 60.6 Å². The number of piperidine rings is 2. The van der Waals surface area contributed by atoms with Crippen LogP contribution in [0.1, 0.15) is 49.7 Å². The first-order valence-electron chi connectivity index (χ1n) is 13.1. The highest BCUT2D eigenvalue weighted by Gasteiger charge is 2.37. The second kappa shape index (κ2) is 10.6.